The van der Waals surface area contributed by atoms with Crippen molar-refractivity contribution in [2.45, 2.75) is 313 Å². The smallest absolute Gasteiger partial charge is 0.249 e. The van der Waals surface area contributed by atoms with Crippen LogP contribution in [-0.4, -0.2) is 98.7 Å². The Morgan fingerprint density at radius 1 is 0.500 bits per heavy atom. The fraction of sp³-hybridized carbons (Fsp3) is 0.879. The van der Waals surface area contributed by atoms with Crippen LogP contribution in [0.3, 0.4) is 0 Å². The number of rotatable bonds is 49. The number of nitrogens with one attached hydrogen (secondary N) is 1. The van der Waals surface area contributed by atoms with Crippen LogP contribution in [0.1, 0.15) is 264 Å². The van der Waals surface area contributed by atoms with Gasteiger partial charge in [-0.05, 0) is 38.5 Å². The van der Waals surface area contributed by atoms with Gasteiger partial charge in [0.2, 0.25) is 5.91 Å². The topological polar surface area (TPSA) is 169 Å². The molecule has 0 spiro atoms. The molecule has 68 heavy (non-hydrogen) atoms. The van der Waals surface area contributed by atoms with Gasteiger partial charge in [0.15, 0.2) is 6.29 Å². The largest absolute Gasteiger partial charge is 0.394 e. The van der Waals surface area contributed by atoms with E-state index >= 15 is 0 Å². The molecule has 0 aromatic rings. The number of carbonyl (C=O) groups excluding carboxylic acids is 1. The van der Waals surface area contributed by atoms with Crippen LogP contribution in [-0.2, 0) is 14.3 Å². The maximum absolute atomic E-state index is 13.1. The van der Waals surface area contributed by atoms with Crippen LogP contribution in [0.4, 0.5) is 0 Å². The van der Waals surface area contributed by atoms with E-state index in [4.69, 9.17) is 9.47 Å². The summed E-state index contributed by atoms with van der Waals surface area (Å²) in [6, 6.07) is -1.00. The van der Waals surface area contributed by atoms with Crippen LogP contribution in [0, 0.1) is 0 Å². The number of unbranched alkanes of at least 4 members (excludes halogenated alkanes) is 34. The van der Waals surface area contributed by atoms with E-state index in [-0.39, 0.29) is 6.61 Å². The van der Waals surface area contributed by atoms with E-state index in [2.05, 4.69) is 43.5 Å². The van der Waals surface area contributed by atoms with Crippen molar-refractivity contribution in [3.8, 4) is 0 Å². The standard InChI is InChI=1S/C58H109NO9/c1-3-5-7-9-11-13-15-17-18-19-20-21-22-23-24-25-26-27-28-29-30-31-32-33-34-35-37-39-41-43-45-47-52(62)57(66)59-50(49-67-58-56(65)55(64)54(63)53(48-60)68-58)51(61)46-44-42-40-38-36-16-14-12-10-8-6-4-2/h10,12,36,38,44,46,50-56,58,60-65H,3-9,11,13-35,37,39-43,45,47-49H2,1-2H3,(H,59,66)/b12-10+,38-36+,46-44+. The predicted octanol–water partition coefficient (Wildman–Crippen LogP) is 12.9. The Morgan fingerprint density at radius 3 is 1.26 bits per heavy atom. The molecule has 8 atom stereocenters. The Kier molecular flexibility index (Phi) is 45.1. The molecule has 8 unspecified atom stereocenters. The second kappa shape index (κ2) is 47.7. The molecule has 1 heterocycles. The molecule has 7 N–H and O–H groups in total. The minimum atomic E-state index is -1.62. The number of amides is 1. The van der Waals surface area contributed by atoms with E-state index in [0.29, 0.717) is 19.3 Å². The zero-order valence-electron chi connectivity index (χ0n) is 44.0. The molecule has 10 heteroatoms. The van der Waals surface area contributed by atoms with Gasteiger partial charge in [-0.15, -0.1) is 0 Å². The summed E-state index contributed by atoms with van der Waals surface area (Å²) in [5, 5.41) is 64.8. The molecule has 1 amide bonds. The first kappa shape index (κ1) is 64.4. The van der Waals surface area contributed by atoms with Crippen LogP contribution < -0.4 is 5.32 Å². The average molecular weight is 965 g/mol. The molecule has 1 rings (SSSR count). The number of hydrogen-bond donors (Lipinski definition) is 7. The molecule has 1 saturated heterocycles. The van der Waals surface area contributed by atoms with Crippen molar-refractivity contribution in [2.75, 3.05) is 13.2 Å². The monoisotopic (exact) mass is 964 g/mol. The van der Waals surface area contributed by atoms with Gasteiger partial charge in [0.05, 0.1) is 25.4 Å². The minimum Gasteiger partial charge on any atom is -0.394 e. The van der Waals surface area contributed by atoms with E-state index in [1.165, 1.54) is 186 Å². The predicted molar refractivity (Wildman–Crippen MR) is 282 cm³/mol. The summed E-state index contributed by atoms with van der Waals surface area (Å²) in [7, 11) is 0. The van der Waals surface area contributed by atoms with Gasteiger partial charge < -0.3 is 45.4 Å². The third-order valence-corrected chi connectivity index (χ3v) is 13.8. The van der Waals surface area contributed by atoms with E-state index in [1.807, 2.05) is 6.08 Å². The van der Waals surface area contributed by atoms with Crippen LogP contribution in [0.2, 0.25) is 0 Å². The van der Waals surface area contributed by atoms with E-state index in [0.717, 1.165) is 44.9 Å². The molecule has 1 aliphatic heterocycles. The van der Waals surface area contributed by atoms with Crippen LogP contribution in [0.25, 0.3) is 0 Å². The lowest BCUT2D eigenvalue weighted by atomic mass is 9.99. The van der Waals surface area contributed by atoms with Crippen molar-refractivity contribution in [3.63, 3.8) is 0 Å². The van der Waals surface area contributed by atoms with Crippen molar-refractivity contribution < 1.29 is 44.9 Å². The maximum Gasteiger partial charge on any atom is 0.249 e. The van der Waals surface area contributed by atoms with Gasteiger partial charge in [-0.3, -0.25) is 4.79 Å². The summed E-state index contributed by atoms with van der Waals surface area (Å²) in [6.45, 7) is 3.56. The van der Waals surface area contributed by atoms with Crippen LogP contribution in [0.15, 0.2) is 36.5 Å². The van der Waals surface area contributed by atoms with Gasteiger partial charge in [0, 0.05) is 0 Å². The third-order valence-electron chi connectivity index (χ3n) is 13.8. The summed E-state index contributed by atoms with van der Waals surface area (Å²) in [5.74, 6) is -0.628. The molecule has 0 aromatic carbocycles. The third kappa shape index (κ3) is 36.3. The number of aliphatic hydroxyl groups is 6. The minimum absolute atomic E-state index is 0.304. The Balaban J connectivity index is 2.15. The zero-order chi connectivity index (χ0) is 49.6. The summed E-state index contributed by atoms with van der Waals surface area (Å²) in [6.07, 6.45) is 51.4. The molecule has 1 aliphatic rings. The van der Waals surface area contributed by atoms with Crippen molar-refractivity contribution in [2.24, 2.45) is 0 Å². The van der Waals surface area contributed by atoms with Gasteiger partial charge in [-0.2, -0.15) is 0 Å². The number of ether oxygens (including phenoxy) is 2. The Morgan fingerprint density at radius 2 is 0.868 bits per heavy atom. The van der Waals surface area contributed by atoms with Gasteiger partial charge in [0.1, 0.15) is 30.5 Å². The highest BCUT2D eigenvalue weighted by Gasteiger charge is 2.44. The molecule has 0 radical (unpaired) electrons. The second-order valence-electron chi connectivity index (χ2n) is 20.2. The van der Waals surface area contributed by atoms with Gasteiger partial charge in [-0.25, -0.2) is 0 Å². The summed E-state index contributed by atoms with van der Waals surface area (Å²) in [5.41, 5.74) is 0. The molecule has 0 aliphatic carbocycles. The van der Waals surface area contributed by atoms with E-state index in [1.54, 1.807) is 6.08 Å². The Bertz CT molecular complexity index is 1180. The van der Waals surface area contributed by atoms with Gasteiger partial charge in [-0.1, -0.05) is 262 Å². The Labute approximate surface area is 417 Å². The number of hydrogen-bond acceptors (Lipinski definition) is 9. The Hall–Kier alpha value is -1.63. The molecule has 400 valence electrons. The summed E-state index contributed by atoms with van der Waals surface area (Å²) >= 11 is 0. The summed E-state index contributed by atoms with van der Waals surface area (Å²) < 4.78 is 11.1. The van der Waals surface area contributed by atoms with Crippen molar-refractivity contribution in [1.29, 1.82) is 0 Å². The zero-order valence-corrected chi connectivity index (χ0v) is 44.0. The highest BCUT2D eigenvalue weighted by molar-refractivity contribution is 5.80. The lowest BCUT2D eigenvalue weighted by Gasteiger charge is -2.40. The first-order valence-corrected chi connectivity index (χ1v) is 28.8. The second-order valence-corrected chi connectivity index (χ2v) is 20.2. The maximum atomic E-state index is 13.1. The summed E-state index contributed by atoms with van der Waals surface area (Å²) in [4.78, 5) is 13.1. The van der Waals surface area contributed by atoms with Gasteiger partial charge >= 0.3 is 0 Å². The highest BCUT2D eigenvalue weighted by Crippen LogP contribution is 2.23. The first-order valence-electron chi connectivity index (χ1n) is 28.8. The lowest BCUT2D eigenvalue weighted by molar-refractivity contribution is -0.302. The quantitative estimate of drug-likeness (QED) is 0.0232. The molecule has 0 aromatic heterocycles. The average Bonchev–Trinajstić information content (AvgIpc) is 3.34. The molecular weight excluding hydrogens is 855 g/mol. The van der Waals surface area contributed by atoms with Crippen molar-refractivity contribution >= 4 is 5.91 Å². The van der Waals surface area contributed by atoms with Crippen LogP contribution in [0.5, 0.6) is 0 Å². The lowest BCUT2D eigenvalue weighted by Crippen LogP contribution is -2.60. The number of aliphatic hydroxyl groups excluding tert-OH is 6. The molecule has 1 fully saturated rings. The number of allylic oxidation sites excluding steroid dienone is 5. The van der Waals surface area contributed by atoms with E-state index in [9.17, 15) is 35.4 Å². The fourth-order valence-corrected chi connectivity index (χ4v) is 9.12. The highest BCUT2D eigenvalue weighted by atomic mass is 16.7. The first-order chi connectivity index (χ1) is 33.3. The molecule has 0 saturated carbocycles. The molecule has 10 nitrogen and oxygen atoms in total. The number of carbonyl (C=O) groups is 1. The SMILES string of the molecule is CCCC/C=C/CC/C=C/CC/C=C/C(O)C(COC1OC(CO)C(O)C(O)C1O)NC(=O)C(O)CCCCCCCCCCCCCCCCCCCCCCCCCCCCCCCCC. The van der Waals surface area contributed by atoms with Crippen LogP contribution >= 0.6 is 0 Å². The van der Waals surface area contributed by atoms with Crippen molar-refractivity contribution in [1.82, 2.24) is 5.32 Å². The molecular formula is C58H109NO9. The van der Waals surface area contributed by atoms with Crippen molar-refractivity contribution in [3.05, 3.63) is 36.5 Å². The van der Waals surface area contributed by atoms with Gasteiger partial charge in [0.25, 0.3) is 0 Å². The fourth-order valence-electron chi connectivity index (χ4n) is 9.12. The van der Waals surface area contributed by atoms with E-state index < -0.39 is 61.5 Å². The molecule has 0 bridgehead atoms. The normalized spacial score (nSPS) is 20.3.